The molecular weight excluding hydrogens is 490 g/mol. The number of benzene rings is 1. The Bertz CT molecular complexity index is 1500. The molecule has 0 amide bonds. The maximum atomic E-state index is 12.9. The van der Waals surface area contributed by atoms with Gasteiger partial charge in [-0.05, 0) is 49.4 Å². The highest BCUT2D eigenvalue weighted by Gasteiger charge is 2.34. The van der Waals surface area contributed by atoms with Crippen molar-refractivity contribution < 1.29 is 5.11 Å². The van der Waals surface area contributed by atoms with Gasteiger partial charge in [0.2, 0.25) is 5.43 Å². The van der Waals surface area contributed by atoms with Crippen molar-refractivity contribution in [2.45, 2.75) is 45.8 Å². The molecule has 2 saturated heterocycles. The van der Waals surface area contributed by atoms with Crippen LogP contribution in [0.1, 0.15) is 40.5 Å². The summed E-state index contributed by atoms with van der Waals surface area (Å²) in [6.45, 7) is 11.7. The Hall–Kier alpha value is -3.36. The number of fused-ring (bicyclic) bond motifs is 4. The van der Waals surface area contributed by atoms with Crippen LogP contribution in [0.25, 0.3) is 0 Å². The number of hydrogen-bond acceptors (Lipinski definition) is 6. The average molecular weight is 530 g/mol. The predicted octanol–water partition coefficient (Wildman–Crippen LogP) is 2.81. The van der Waals surface area contributed by atoms with Gasteiger partial charge in [-0.1, -0.05) is 18.2 Å². The first-order chi connectivity index (χ1) is 18.8. The fourth-order valence-corrected chi connectivity index (χ4v) is 6.91. The third-order valence-corrected chi connectivity index (χ3v) is 9.24. The second-order valence-electron chi connectivity index (χ2n) is 11.7. The molecule has 8 nitrogen and oxygen atoms in total. The smallest absolute Gasteiger partial charge is 0.250 e. The van der Waals surface area contributed by atoms with E-state index in [-0.39, 0.29) is 16.7 Å². The summed E-state index contributed by atoms with van der Waals surface area (Å²) in [4.78, 5) is 32.4. The lowest BCUT2D eigenvalue weighted by Gasteiger charge is -2.43. The van der Waals surface area contributed by atoms with Crippen molar-refractivity contribution in [3.8, 4) is 5.75 Å². The molecule has 206 valence electrons. The molecule has 0 spiro atoms. The van der Waals surface area contributed by atoms with E-state index in [1.54, 1.807) is 12.1 Å². The molecule has 0 radical (unpaired) electrons. The zero-order valence-electron chi connectivity index (χ0n) is 23.3. The van der Waals surface area contributed by atoms with E-state index in [1.807, 2.05) is 22.2 Å². The lowest BCUT2D eigenvalue weighted by Crippen LogP contribution is -2.47. The van der Waals surface area contributed by atoms with Crippen molar-refractivity contribution >= 4 is 5.69 Å². The van der Waals surface area contributed by atoms with Gasteiger partial charge in [-0.3, -0.25) is 19.4 Å². The van der Waals surface area contributed by atoms with Gasteiger partial charge in [0, 0.05) is 101 Å². The molecule has 3 aliphatic heterocycles. The molecule has 2 atom stereocenters. The molecule has 5 heterocycles. The highest BCUT2D eigenvalue weighted by molar-refractivity contribution is 5.56. The number of anilines is 1. The molecule has 2 bridgehead atoms. The van der Waals surface area contributed by atoms with E-state index >= 15 is 0 Å². The molecule has 2 aromatic heterocycles. The van der Waals surface area contributed by atoms with Crippen molar-refractivity contribution in [1.82, 2.24) is 18.9 Å². The van der Waals surface area contributed by atoms with Gasteiger partial charge in [0.1, 0.15) is 0 Å². The predicted molar refractivity (Wildman–Crippen MR) is 154 cm³/mol. The second-order valence-corrected chi connectivity index (χ2v) is 11.7. The molecule has 0 unspecified atom stereocenters. The van der Waals surface area contributed by atoms with Crippen LogP contribution in [0.15, 0.2) is 52.1 Å². The third-order valence-electron chi connectivity index (χ3n) is 9.24. The van der Waals surface area contributed by atoms with E-state index < -0.39 is 0 Å². The molecule has 1 aromatic carbocycles. The van der Waals surface area contributed by atoms with Crippen LogP contribution in [-0.4, -0.2) is 63.3 Å². The number of aromatic nitrogens is 2. The highest BCUT2D eigenvalue weighted by Crippen LogP contribution is 2.35. The molecule has 3 aliphatic rings. The standard InChI is InChI=1S/C31H39N5O3/c1-21-6-4-7-26(22(21)2)35-12-10-33(11-13-35)20-28-31(39)29(37)15-25(32(28)3)19-34-16-23-14-24(18-34)27-8-5-9-30(38)36(27)17-23/h4-9,15,23-24,39H,10-14,16-20H2,1-3H3/t23-,24+/m0/s1. The van der Waals surface area contributed by atoms with Crippen molar-refractivity contribution in [3.05, 3.63) is 91.3 Å². The number of hydrogen-bond donors (Lipinski definition) is 1. The van der Waals surface area contributed by atoms with E-state index in [0.717, 1.165) is 63.6 Å². The Morgan fingerprint density at radius 1 is 0.897 bits per heavy atom. The number of piperazine rings is 1. The van der Waals surface area contributed by atoms with Gasteiger partial charge in [-0.15, -0.1) is 0 Å². The van der Waals surface area contributed by atoms with Crippen LogP contribution < -0.4 is 15.9 Å². The Morgan fingerprint density at radius 2 is 1.67 bits per heavy atom. The number of likely N-dealkylation sites (tertiary alicyclic amines) is 1. The third kappa shape index (κ3) is 4.92. The topological polar surface area (TPSA) is 74.0 Å². The Balaban J connectivity index is 1.16. The van der Waals surface area contributed by atoms with Crippen LogP contribution in [0.3, 0.4) is 0 Å². The first-order valence-corrected chi connectivity index (χ1v) is 14.1. The molecule has 2 fully saturated rings. The summed E-state index contributed by atoms with van der Waals surface area (Å²) in [6, 6.07) is 13.7. The number of pyridine rings is 2. The molecule has 1 N–H and O–H groups in total. The van der Waals surface area contributed by atoms with Crippen LogP contribution in [0.2, 0.25) is 0 Å². The molecule has 3 aromatic rings. The van der Waals surface area contributed by atoms with Gasteiger partial charge >= 0.3 is 0 Å². The molecule has 8 heteroatoms. The minimum absolute atomic E-state index is 0.0936. The zero-order chi connectivity index (χ0) is 27.3. The van der Waals surface area contributed by atoms with Gasteiger partial charge < -0.3 is 19.1 Å². The van der Waals surface area contributed by atoms with E-state index in [0.29, 0.717) is 30.6 Å². The first-order valence-electron chi connectivity index (χ1n) is 14.1. The number of rotatable bonds is 5. The summed E-state index contributed by atoms with van der Waals surface area (Å²) in [5.41, 5.74) is 6.46. The summed E-state index contributed by atoms with van der Waals surface area (Å²) in [7, 11) is 1.97. The fourth-order valence-electron chi connectivity index (χ4n) is 6.91. The minimum atomic E-state index is -0.304. The average Bonchev–Trinajstić information content (AvgIpc) is 2.92. The second kappa shape index (κ2) is 10.3. The lowest BCUT2D eigenvalue weighted by atomic mass is 9.83. The highest BCUT2D eigenvalue weighted by atomic mass is 16.3. The normalized spacial score (nSPS) is 21.7. The summed E-state index contributed by atoms with van der Waals surface area (Å²) >= 11 is 0. The summed E-state index contributed by atoms with van der Waals surface area (Å²) in [6.07, 6.45) is 1.10. The Labute approximate surface area is 229 Å². The summed E-state index contributed by atoms with van der Waals surface area (Å²) in [5.74, 6) is 0.619. The Kier molecular flexibility index (Phi) is 6.85. The molecular formula is C31H39N5O3. The minimum Gasteiger partial charge on any atom is -0.503 e. The molecule has 6 rings (SSSR count). The van der Waals surface area contributed by atoms with Crippen LogP contribution >= 0.6 is 0 Å². The van der Waals surface area contributed by atoms with Gasteiger partial charge in [0.05, 0.1) is 5.69 Å². The summed E-state index contributed by atoms with van der Waals surface area (Å²) in [5, 5.41) is 10.8. The van der Waals surface area contributed by atoms with Gasteiger partial charge in [-0.2, -0.15) is 0 Å². The van der Waals surface area contributed by atoms with Crippen LogP contribution in [0.5, 0.6) is 5.75 Å². The van der Waals surface area contributed by atoms with E-state index in [4.69, 9.17) is 0 Å². The number of piperidine rings is 1. The fraction of sp³-hybridized carbons (Fsp3) is 0.484. The number of aromatic hydroxyl groups is 1. The van der Waals surface area contributed by atoms with Crippen molar-refractivity contribution in [2.75, 3.05) is 44.2 Å². The SMILES string of the molecule is Cc1cccc(N2CCN(Cc3c(O)c(=O)cc(CN4C[C@@H]5C[C@H](C4)c4cccc(=O)n4C5)n3C)CC2)c1C. The van der Waals surface area contributed by atoms with E-state index in [2.05, 4.69) is 52.8 Å². The van der Waals surface area contributed by atoms with Crippen molar-refractivity contribution in [2.24, 2.45) is 13.0 Å². The maximum absolute atomic E-state index is 12.9. The van der Waals surface area contributed by atoms with Crippen LogP contribution in [0.4, 0.5) is 5.69 Å². The lowest BCUT2D eigenvalue weighted by molar-refractivity contribution is 0.112. The van der Waals surface area contributed by atoms with Gasteiger partial charge in [0.15, 0.2) is 5.75 Å². The van der Waals surface area contributed by atoms with Crippen molar-refractivity contribution in [3.63, 3.8) is 0 Å². The maximum Gasteiger partial charge on any atom is 0.250 e. The van der Waals surface area contributed by atoms with E-state index in [9.17, 15) is 14.7 Å². The van der Waals surface area contributed by atoms with Crippen molar-refractivity contribution in [1.29, 1.82) is 0 Å². The quantitative estimate of drug-likeness (QED) is 0.548. The van der Waals surface area contributed by atoms with Crippen LogP contribution in [-0.2, 0) is 26.7 Å². The summed E-state index contributed by atoms with van der Waals surface area (Å²) < 4.78 is 3.97. The first kappa shape index (κ1) is 25.9. The number of nitrogens with zero attached hydrogens (tertiary/aromatic N) is 5. The van der Waals surface area contributed by atoms with Crippen LogP contribution in [0, 0.1) is 19.8 Å². The van der Waals surface area contributed by atoms with Gasteiger partial charge in [-0.25, -0.2) is 0 Å². The zero-order valence-corrected chi connectivity index (χ0v) is 23.3. The molecule has 0 saturated carbocycles. The van der Waals surface area contributed by atoms with E-state index in [1.165, 1.54) is 16.8 Å². The Morgan fingerprint density at radius 3 is 2.46 bits per heavy atom. The largest absolute Gasteiger partial charge is 0.503 e. The monoisotopic (exact) mass is 529 g/mol. The number of aryl methyl sites for hydroxylation is 1. The van der Waals surface area contributed by atoms with Gasteiger partial charge in [0.25, 0.3) is 5.56 Å². The molecule has 0 aliphatic carbocycles. The molecule has 39 heavy (non-hydrogen) atoms.